The van der Waals surface area contributed by atoms with Crippen molar-refractivity contribution < 1.29 is 17.9 Å². The van der Waals surface area contributed by atoms with Gasteiger partial charge in [-0.3, -0.25) is 4.79 Å². The van der Waals surface area contributed by atoms with Crippen LogP contribution in [0.4, 0.5) is 5.69 Å². The zero-order chi connectivity index (χ0) is 19.6. The quantitative estimate of drug-likeness (QED) is 0.769. The normalized spacial score (nSPS) is 21.0. The van der Waals surface area contributed by atoms with Crippen LogP contribution in [0.15, 0.2) is 57.9 Å². The van der Waals surface area contributed by atoms with Gasteiger partial charge in [-0.05, 0) is 56.3 Å². The number of halogens is 1. The lowest BCUT2D eigenvalue weighted by molar-refractivity contribution is -0.0440. The van der Waals surface area contributed by atoms with Gasteiger partial charge in [-0.25, -0.2) is 8.42 Å². The van der Waals surface area contributed by atoms with Crippen molar-refractivity contribution >= 4 is 37.5 Å². The number of carbonyl (C=O) groups excluding carboxylic acids is 1. The summed E-state index contributed by atoms with van der Waals surface area (Å²) in [6, 6.07) is 13.2. The Bertz CT molecular complexity index is 921. The van der Waals surface area contributed by atoms with E-state index < -0.39 is 10.0 Å². The third-order valence-electron chi connectivity index (χ3n) is 4.22. The number of anilines is 1. The minimum absolute atomic E-state index is 0.154. The third kappa shape index (κ3) is 4.76. The summed E-state index contributed by atoms with van der Waals surface area (Å²) in [7, 11) is -3.62. The molecule has 1 aliphatic rings. The molecular weight excluding hydrogens is 432 g/mol. The van der Waals surface area contributed by atoms with Crippen molar-refractivity contribution in [1.29, 1.82) is 0 Å². The van der Waals surface area contributed by atoms with Gasteiger partial charge in [-0.15, -0.1) is 0 Å². The molecule has 2 atom stereocenters. The summed E-state index contributed by atoms with van der Waals surface area (Å²) < 4.78 is 33.6. The van der Waals surface area contributed by atoms with E-state index in [1.54, 1.807) is 12.1 Å². The highest BCUT2D eigenvalue weighted by Crippen LogP contribution is 2.22. The van der Waals surface area contributed by atoms with E-state index in [9.17, 15) is 13.2 Å². The van der Waals surface area contributed by atoms with E-state index in [2.05, 4.69) is 21.2 Å². The Balaban J connectivity index is 1.75. The molecule has 1 fully saturated rings. The van der Waals surface area contributed by atoms with Gasteiger partial charge in [0.1, 0.15) is 0 Å². The number of nitrogens with one attached hydrogen (secondary N) is 1. The number of sulfonamides is 1. The molecule has 6 nitrogen and oxygen atoms in total. The lowest BCUT2D eigenvalue weighted by atomic mass is 10.2. The van der Waals surface area contributed by atoms with Crippen molar-refractivity contribution in [3.63, 3.8) is 0 Å². The fourth-order valence-corrected chi connectivity index (χ4v) is 5.01. The summed E-state index contributed by atoms with van der Waals surface area (Å²) in [4.78, 5) is 12.5. The molecule has 0 spiro atoms. The molecule has 0 saturated carbocycles. The predicted octanol–water partition coefficient (Wildman–Crippen LogP) is 3.50. The van der Waals surface area contributed by atoms with Gasteiger partial charge in [0.2, 0.25) is 10.0 Å². The molecule has 1 N–H and O–H groups in total. The summed E-state index contributed by atoms with van der Waals surface area (Å²) in [6.45, 7) is 4.34. The van der Waals surface area contributed by atoms with Gasteiger partial charge >= 0.3 is 0 Å². The summed E-state index contributed by atoms with van der Waals surface area (Å²) in [6.07, 6.45) is -0.308. The monoisotopic (exact) mass is 452 g/mol. The summed E-state index contributed by atoms with van der Waals surface area (Å²) in [5.41, 5.74) is 1.04. The molecule has 1 amide bonds. The van der Waals surface area contributed by atoms with Gasteiger partial charge in [-0.1, -0.05) is 22.0 Å². The minimum atomic E-state index is -3.62. The topological polar surface area (TPSA) is 75.7 Å². The van der Waals surface area contributed by atoms with Crippen LogP contribution < -0.4 is 5.32 Å². The first kappa shape index (κ1) is 20.0. The molecule has 144 valence electrons. The van der Waals surface area contributed by atoms with Crippen molar-refractivity contribution in [2.24, 2.45) is 0 Å². The highest BCUT2D eigenvalue weighted by atomic mass is 79.9. The summed E-state index contributed by atoms with van der Waals surface area (Å²) in [5, 5.41) is 2.79. The van der Waals surface area contributed by atoms with Gasteiger partial charge in [0, 0.05) is 28.8 Å². The lowest BCUT2D eigenvalue weighted by Crippen LogP contribution is -2.48. The minimum Gasteiger partial charge on any atom is -0.373 e. The van der Waals surface area contributed by atoms with Crippen LogP contribution in [0.25, 0.3) is 0 Å². The average molecular weight is 453 g/mol. The Hall–Kier alpha value is -1.74. The van der Waals surface area contributed by atoms with Crippen LogP contribution in [0.1, 0.15) is 24.2 Å². The maximum absolute atomic E-state index is 12.9. The van der Waals surface area contributed by atoms with E-state index in [1.807, 2.05) is 26.0 Å². The van der Waals surface area contributed by atoms with Gasteiger partial charge in [-0.2, -0.15) is 4.31 Å². The van der Waals surface area contributed by atoms with Crippen LogP contribution in [0.2, 0.25) is 0 Å². The molecule has 0 aliphatic carbocycles. The number of carbonyl (C=O) groups is 1. The molecule has 2 unspecified atom stereocenters. The lowest BCUT2D eigenvalue weighted by Gasteiger charge is -2.34. The first-order valence-electron chi connectivity index (χ1n) is 8.58. The number of nitrogens with zero attached hydrogens (tertiary/aromatic N) is 1. The fraction of sp³-hybridized carbons (Fsp3) is 0.316. The van der Waals surface area contributed by atoms with Crippen LogP contribution >= 0.6 is 15.9 Å². The smallest absolute Gasteiger partial charge is 0.255 e. The Morgan fingerprint density at radius 1 is 1.11 bits per heavy atom. The standard InChI is InChI=1S/C19H21BrN2O4S/c1-13-11-22(12-14(2)26-13)27(24,25)18-8-6-15(7-9-18)19(23)21-17-5-3-4-16(20)10-17/h3-10,13-14H,11-12H2,1-2H3,(H,21,23). The Labute approximate surface area is 167 Å². The Morgan fingerprint density at radius 3 is 2.33 bits per heavy atom. The molecule has 0 aromatic heterocycles. The zero-order valence-electron chi connectivity index (χ0n) is 15.1. The highest BCUT2D eigenvalue weighted by molar-refractivity contribution is 9.10. The Morgan fingerprint density at radius 2 is 1.74 bits per heavy atom. The second-order valence-electron chi connectivity index (χ2n) is 6.57. The number of morpholine rings is 1. The molecule has 8 heteroatoms. The first-order chi connectivity index (χ1) is 12.8. The van der Waals surface area contributed by atoms with Crippen LogP contribution in [-0.2, 0) is 14.8 Å². The van der Waals surface area contributed by atoms with Gasteiger partial charge in [0.15, 0.2) is 0 Å². The third-order valence-corrected chi connectivity index (χ3v) is 6.56. The molecule has 0 bridgehead atoms. The number of benzene rings is 2. The average Bonchev–Trinajstić information content (AvgIpc) is 2.61. The largest absolute Gasteiger partial charge is 0.373 e. The van der Waals surface area contributed by atoms with E-state index >= 15 is 0 Å². The van der Waals surface area contributed by atoms with E-state index in [-0.39, 0.29) is 23.0 Å². The molecule has 2 aromatic carbocycles. The predicted molar refractivity (Wildman–Crippen MR) is 107 cm³/mol. The molecule has 0 radical (unpaired) electrons. The van der Waals surface area contributed by atoms with Crippen molar-refractivity contribution in [1.82, 2.24) is 4.31 Å². The molecule has 27 heavy (non-hydrogen) atoms. The van der Waals surface area contributed by atoms with Gasteiger partial charge in [0.25, 0.3) is 5.91 Å². The number of amides is 1. The Kier molecular flexibility index (Phi) is 6.00. The van der Waals surface area contributed by atoms with Crippen molar-refractivity contribution in [2.75, 3.05) is 18.4 Å². The molecule has 2 aromatic rings. The number of rotatable bonds is 4. The van der Waals surface area contributed by atoms with E-state index in [0.717, 1.165) is 4.47 Å². The number of hydrogen-bond acceptors (Lipinski definition) is 4. The van der Waals surface area contributed by atoms with Crippen molar-refractivity contribution in [2.45, 2.75) is 31.0 Å². The molecule has 3 rings (SSSR count). The molecule has 1 saturated heterocycles. The highest BCUT2D eigenvalue weighted by Gasteiger charge is 2.32. The molecule has 1 aliphatic heterocycles. The van der Waals surface area contributed by atoms with Crippen LogP contribution in [0.3, 0.4) is 0 Å². The number of hydrogen-bond donors (Lipinski definition) is 1. The van der Waals surface area contributed by atoms with E-state index in [1.165, 1.54) is 28.6 Å². The van der Waals surface area contributed by atoms with E-state index in [4.69, 9.17) is 4.74 Å². The number of ether oxygens (including phenoxy) is 1. The van der Waals surface area contributed by atoms with Gasteiger partial charge < -0.3 is 10.1 Å². The SMILES string of the molecule is CC1CN(S(=O)(=O)c2ccc(C(=O)Nc3cccc(Br)c3)cc2)CC(C)O1. The maximum Gasteiger partial charge on any atom is 0.255 e. The zero-order valence-corrected chi connectivity index (χ0v) is 17.5. The second kappa shape index (κ2) is 8.10. The van der Waals surface area contributed by atoms with E-state index in [0.29, 0.717) is 24.3 Å². The molecule has 1 heterocycles. The summed E-state index contributed by atoms with van der Waals surface area (Å²) >= 11 is 3.35. The second-order valence-corrected chi connectivity index (χ2v) is 9.42. The van der Waals surface area contributed by atoms with Crippen LogP contribution in [0, 0.1) is 0 Å². The summed E-state index contributed by atoms with van der Waals surface area (Å²) in [5.74, 6) is -0.300. The van der Waals surface area contributed by atoms with Crippen molar-refractivity contribution in [3.05, 3.63) is 58.6 Å². The first-order valence-corrected chi connectivity index (χ1v) is 10.8. The van der Waals surface area contributed by atoms with Crippen LogP contribution in [-0.4, -0.2) is 43.9 Å². The van der Waals surface area contributed by atoms with Gasteiger partial charge in [0.05, 0.1) is 17.1 Å². The molecular formula is C19H21BrN2O4S. The van der Waals surface area contributed by atoms with Crippen LogP contribution in [0.5, 0.6) is 0 Å². The fourth-order valence-electron chi connectivity index (χ4n) is 3.02. The maximum atomic E-state index is 12.9. The van der Waals surface area contributed by atoms with Crippen molar-refractivity contribution in [3.8, 4) is 0 Å².